The van der Waals surface area contributed by atoms with Crippen molar-refractivity contribution in [1.82, 2.24) is 0 Å². The number of rotatable bonds is 3. The third-order valence-corrected chi connectivity index (χ3v) is 15.4. The predicted molar refractivity (Wildman–Crippen MR) is 177 cm³/mol. The molecule has 6 bridgehead atoms. The predicted octanol–water partition coefficient (Wildman–Crippen LogP) is 4.59. The molecule has 1 nitrogen and oxygen atoms in total. The number of halogens is 2. The molecule has 8 aliphatic rings. The normalized spacial score (nSPS) is 27.9. The molecule has 11 rings (SSSR count). The SMILES string of the molecule is CC(C)c1cc2c(-c3ccc(C45CC6CC(CC(C6)C4)C5)cc3)cccc2[cH-]1.CC1=CC2=C3C(C)=C(C2=N1)[Si]3(C)C.[Cl-].[Cl-].[Zr+3]. The second kappa shape index (κ2) is 12.0. The van der Waals surface area contributed by atoms with Crippen LogP contribution in [0.2, 0.25) is 13.1 Å². The third-order valence-electron chi connectivity index (χ3n) is 11.7. The van der Waals surface area contributed by atoms with E-state index < -0.39 is 8.07 Å². The zero-order valence-corrected chi connectivity index (χ0v) is 32.0. The Morgan fingerprint density at radius 2 is 1.48 bits per heavy atom. The van der Waals surface area contributed by atoms with Gasteiger partial charge in [0.15, 0.2) is 0 Å². The maximum absolute atomic E-state index is 4.62. The molecule has 0 atom stereocenters. The quantitative estimate of drug-likeness (QED) is 0.278. The number of hydrogen-bond donors (Lipinski definition) is 0. The molecular formula is C39H44Cl2NSiZr. The van der Waals surface area contributed by atoms with Crippen molar-refractivity contribution in [2.24, 2.45) is 22.7 Å². The minimum absolute atomic E-state index is 0. The molecule has 5 aliphatic carbocycles. The molecule has 227 valence electrons. The summed E-state index contributed by atoms with van der Waals surface area (Å²) in [6, 6.07) is 21.3. The fraction of sp³-hybridized carbons (Fsp3) is 0.436. The summed E-state index contributed by atoms with van der Waals surface area (Å²) in [4.78, 5) is 4.62. The van der Waals surface area contributed by atoms with Gasteiger partial charge in [0, 0.05) is 11.3 Å². The average molecular weight is 717 g/mol. The molecule has 5 heteroatoms. The number of aliphatic imine (C=N–C) groups is 1. The van der Waals surface area contributed by atoms with E-state index in [4.69, 9.17) is 0 Å². The Morgan fingerprint density at radius 1 is 0.864 bits per heavy atom. The van der Waals surface area contributed by atoms with Crippen molar-refractivity contribution in [2.75, 3.05) is 0 Å². The molecule has 0 N–H and O–H groups in total. The van der Waals surface area contributed by atoms with Gasteiger partial charge in [0.25, 0.3) is 0 Å². The molecule has 4 saturated carbocycles. The van der Waals surface area contributed by atoms with Crippen LogP contribution in [0, 0.1) is 17.8 Å². The van der Waals surface area contributed by atoms with E-state index in [1.807, 2.05) is 0 Å². The zero-order valence-electron chi connectivity index (χ0n) is 27.0. The van der Waals surface area contributed by atoms with Crippen LogP contribution in [0.15, 0.2) is 92.9 Å². The molecule has 0 aromatic heterocycles. The Labute approximate surface area is 297 Å². The van der Waals surface area contributed by atoms with Crippen LogP contribution in [-0.2, 0) is 31.6 Å². The number of fused-ring (bicyclic) bond motifs is 1. The Kier molecular flexibility index (Phi) is 9.27. The van der Waals surface area contributed by atoms with E-state index in [9.17, 15) is 0 Å². The number of allylic oxidation sites excluding steroid dienone is 6. The summed E-state index contributed by atoms with van der Waals surface area (Å²) in [6.07, 6.45) is 11.2. The van der Waals surface area contributed by atoms with Crippen molar-refractivity contribution >= 4 is 24.6 Å². The van der Waals surface area contributed by atoms with Gasteiger partial charge in [-0.25, -0.2) is 0 Å². The van der Waals surface area contributed by atoms with Crippen molar-refractivity contribution in [1.29, 1.82) is 0 Å². The van der Waals surface area contributed by atoms with Crippen LogP contribution in [0.4, 0.5) is 0 Å². The van der Waals surface area contributed by atoms with Gasteiger partial charge in [0.1, 0.15) is 8.07 Å². The maximum atomic E-state index is 4.62. The van der Waals surface area contributed by atoms with Gasteiger partial charge in [-0.15, -0.1) is 34.5 Å². The van der Waals surface area contributed by atoms with Crippen LogP contribution < -0.4 is 24.8 Å². The van der Waals surface area contributed by atoms with E-state index in [1.54, 1.807) is 16.0 Å². The first kappa shape index (κ1) is 34.0. The monoisotopic (exact) mass is 714 g/mol. The van der Waals surface area contributed by atoms with Crippen molar-refractivity contribution in [3.05, 3.63) is 99.0 Å². The van der Waals surface area contributed by atoms with Crippen molar-refractivity contribution in [3.63, 3.8) is 0 Å². The summed E-state index contributed by atoms with van der Waals surface area (Å²) >= 11 is 0. The van der Waals surface area contributed by atoms with E-state index in [0.29, 0.717) is 11.3 Å². The maximum Gasteiger partial charge on any atom is 3.00 e. The molecule has 0 amide bonds. The summed E-state index contributed by atoms with van der Waals surface area (Å²) in [5.41, 5.74) is 11.8. The van der Waals surface area contributed by atoms with E-state index in [2.05, 4.69) is 106 Å². The molecule has 0 saturated heterocycles. The molecule has 4 fully saturated rings. The molecule has 0 unspecified atom stereocenters. The Bertz CT molecular complexity index is 1700. The molecule has 1 radical (unpaired) electrons. The molecule has 3 aromatic rings. The second-order valence-electron chi connectivity index (χ2n) is 15.2. The topological polar surface area (TPSA) is 12.4 Å². The van der Waals surface area contributed by atoms with Crippen LogP contribution in [0.1, 0.15) is 83.3 Å². The van der Waals surface area contributed by atoms with Crippen LogP contribution in [-0.4, -0.2) is 13.8 Å². The van der Waals surface area contributed by atoms with Crippen LogP contribution in [0.25, 0.3) is 21.9 Å². The van der Waals surface area contributed by atoms with Gasteiger partial charge in [0.05, 0.1) is 5.71 Å². The third kappa shape index (κ3) is 5.12. The fourth-order valence-electron chi connectivity index (χ4n) is 10.4. The average Bonchev–Trinajstić information content (AvgIpc) is 3.63. The fourth-order valence-corrected chi connectivity index (χ4v) is 14.2. The minimum atomic E-state index is -1.15. The number of benzene rings is 2. The van der Waals surface area contributed by atoms with Gasteiger partial charge in [-0.1, -0.05) is 62.8 Å². The Hall–Kier alpha value is -1.38. The summed E-state index contributed by atoms with van der Waals surface area (Å²) in [6.45, 7) is 13.8. The molecular weight excluding hydrogens is 673 g/mol. The summed E-state index contributed by atoms with van der Waals surface area (Å²) in [5.74, 6) is 3.62. The first-order chi connectivity index (χ1) is 19.6. The summed E-state index contributed by atoms with van der Waals surface area (Å²) < 4.78 is 0. The number of nitrogens with zero attached hydrogens (tertiary/aromatic N) is 1. The first-order valence-electron chi connectivity index (χ1n) is 16.2. The van der Waals surface area contributed by atoms with Gasteiger partial charge in [0.2, 0.25) is 0 Å². The number of hydrogen-bond acceptors (Lipinski definition) is 1. The summed E-state index contributed by atoms with van der Waals surface area (Å²) in [5, 5.41) is 6.07. The van der Waals surface area contributed by atoms with E-state index in [0.717, 1.165) is 17.8 Å². The van der Waals surface area contributed by atoms with Crippen LogP contribution in [0.3, 0.4) is 0 Å². The van der Waals surface area contributed by atoms with Gasteiger partial charge in [-0.3, -0.25) is 4.99 Å². The molecule has 44 heavy (non-hydrogen) atoms. The zero-order chi connectivity index (χ0) is 28.3. The largest absolute Gasteiger partial charge is 3.00 e. The van der Waals surface area contributed by atoms with E-state index in [1.165, 1.54) is 88.5 Å². The smallest absolute Gasteiger partial charge is 1.00 e. The van der Waals surface area contributed by atoms with Crippen molar-refractivity contribution in [3.8, 4) is 11.1 Å². The Balaban J connectivity index is 0.000000204. The standard InChI is InChI=1S/C28H31.C11H13NSi.2ClH.Zr/c1-18(2)24-13-23-4-3-5-26(27(23)14-24)22-6-8-25(9-7-22)28-15-19-10-20(16-28)12-21(11-19)17-28;1-6-5-8-9(12-6)11-7(2)10(8)13(11,3)4;;;/h3-9,13-14,18-21H,10-12,15-17H2,1-2H3;5H,1-4H3;2*1H;/q-1;;;;+3/p-2. The van der Waals surface area contributed by atoms with E-state index in [-0.39, 0.29) is 51.0 Å². The molecule has 3 heterocycles. The van der Waals surface area contributed by atoms with Gasteiger partial charge in [-0.05, 0) is 115 Å². The Morgan fingerprint density at radius 3 is 2.02 bits per heavy atom. The molecule has 0 spiro atoms. The van der Waals surface area contributed by atoms with Crippen LogP contribution >= 0.6 is 0 Å². The second-order valence-corrected chi connectivity index (χ2v) is 19.4. The summed E-state index contributed by atoms with van der Waals surface area (Å²) in [7, 11) is -1.15. The van der Waals surface area contributed by atoms with Gasteiger partial charge < -0.3 is 24.8 Å². The first-order valence-corrected chi connectivity index (χ1v) is 19.2. The van der Waals surface area contributed by atoms with Gasteiger partial charge >= 0.3 is 26.2 Å². The molecule has 3 aromatic carbocycles. The van der Waals surface area contributed by atoms with Crippen LogP contribution in [0.5, 0.6) is 0 Å². The van der Waals surface area contributed by atoms with E-state index >= 15 is 0 Å². The van der Waals surface area contributed by atoms with Crippen molar-refractivity contribution in [2.45, 2.75) is 90.6 Å². The van der Waals surface area contributed by atoms with Gasteiger partial charge in [-0.2, -0.15) is 6.07 Å². The molecule has 3 aliphatic heterocycles. The van der Waals surface area contributed by atoms with Crippen molar-refractivity contribution < 1.29 is 51.0 Å². The minimum Gasteiger partial charge on any atom is -1.00 e.